The number of hydrogen-bond donors (Lipinski definition) is 1. The Labute approximate surface area is 256 Å². The third kappa shape index (κ3) is 4.17. The Bertz CT molecular complexity index is 1880. The number of carbonyl (C=O) groups is 1. The molecule has 8 bridgehead atoms. The van der Waals surface area contributed by atoms with Crippen LogP contribution in [0.5, 0.6) is 0 Å². The van der Waals surface area contributed by atoms with E-state index in [1.54, 1.807) is 0 Å². The van der Waals surface area contributed by atoms with Crippen LogP contribution in [0, 0.1) is 38.5 Å². The SMILES string of the molecule is C=Cc1c2[n-]c(c1C)/C=C1\[N-]C(C3=c4[n-]c(c(C)c4=C(O)[C@@H]3C(=O)OC)/C=c3\[n-]/c(c(C)c3CC)=C\2)[C@@H](C)[C@@H]1C.[Mg+2]. The number of allylic oxidation sites excluding steroid dienone is 1. The first kappa shape index (κ1) is 29.1. The third-order valence-corrected chi connectivity index (χ3v) is 9.22. The number of aliphatic hydroxyl groups is 1. The summed E-state index contributed by atoms with van der Waals surface area (Å²) in [6.07, 6.45) is 8.75. The second-order valence-corrected chi connectivity index (χ2v) is 11.2. The maximum Gasteiger partial charge on any atom is 2.00 e. The second-order valence-electron chi connectivity index (χ2n) is 11.2. The molecule has 7 nitrogen and oxygen atoms in total. The first-order valence-corrected chi connectivity index (χ1v) is 13.9. The van der Waals surface area contributed by atoms with Crippen LogP contribution in [0.3, 0.4) is 0 Å². The second kappa shape index (κ2) is 10.5. The molecule has 1 saturated heterocycles. The van der Waals surface area contributed by atoms with Crippen LogP contribution in [-0.4, -0.2) is 47.3 Å². The van der Waals surface area contributed by atoms with Gasteiger partial charge < -0.3 is 30.1 Å². The molecule has 0 amide bonds. The number of rotatable bonds is 3. The standard InChI is InChI=1S/C33H34N4O3.Mg/c1-9-19-16(5)22-11-21-14(3)15(4)30(36-21)28-29(33(39)40-8)32(38)27-18(7)24(37-31(27)28)13-26-20(10-2)17(6)23(35-26)12-25(19)34-22;/h9,11-15,29-30,38H,1,10H2,2-8H3;/q-4;+2/b21-11-,23-12-,26-13-;/t14-,15-,29+,30?;/m0./s1. The van der Waals surface area contributed by atoms with E-state index in [1.165, 1.54) is 7.11 Å². The van der Waals surface area contributed by atoms with E-state index in [1.807, 2.05) is 25.2 Å². The molecule has 0 saturated carbocycles. The molecule has 3 aliphatic rings. The van der Waals surface area contributed by atoms with Gasteiger partial charge in [-0.2, -0.15) is 5.70 Å². The van der Waals surface area contributed by atoms with Crippen molar-refractivity contribution >= 4 is 64.7 Å². The van der Waals surface area contributed by atoms with Crippen molar-refractivity contribution in [1.82, 2.24) is 15.0 Å². The largest absolute Gasteiger partial charge is 2.00 e. The van der Waals surface area contributed by atoms with E-state index in [4.69, 9.17) is 25.0 Å². The van der Waals surface area contributed by atoms with E-state index in [0.717, 1.165) is 67.7 Å². The molecule has 8 heteroatoms. The topological polar surface area (TPSA) is 103 Å². The molecule has 0 aromatic carbocycles. The van der Waals surface area contributed by atoms with Crippen LogP contribution in [0.25, 0.3) is 41.0 Å². The van der Waals surface area contributed by atoms with E-state index < -0.39 is 11.9 Å². The maximum atomic E-state index is 13.1. The summed E-state index contributed by atoms with van der Waals surface area (Å²) in [4.78, 5) is 28.1. The Balaban J connectivity index is 0.00000337. The van der Waals surface area contributed by atoms with Crippen LogP contribution in [0.1, 0.15) is 65.7 Å². The summed E-state index contributed by atoms with van der Waals surface area (Å²) in [5.74, 6) is -1.28. The van der Waals surface area contributed by atoms with E-state index in [2.05, 4.69) is 47.3 Å². The summed E-state index contributed by atoms with van der Waals surface area (Å²) in [7, 11) is 1.35. The number of hydrogen-bond acceptors (Lipinski definition) is 3. The van der Waals surface area contributed by atoms with Gasteiger partial charge in [-0.25, -0.2) is 0 Å². The Hall–Kier alpha value is -3.36. The molecule has 208 valence electrons. The number of fused-ring (bicyclic) bond motifs is 8. The molecule has 4 atom stereocenters. The first-order valence-electron chi connectivity index (χ1n) is 13.9. The van der Waals surface area contributed by atoms with Gasteiger partial charge in [-0.05, 0) is 44.6 Å². The maximum absolute atomic E-state index is 13.1. The van der Waals surface area contributed by atoms with Gasteiger partial charge in [0, 0.05) is 5.22 Å². The predicted molar refractivity (Wildman–Crippen MR) is 163 cm³/mol. The molecule has 5 heterocycles. The van der Waals surface area contributed by atoms with Gasteiger partial charge >= 0.3 is 29.0 Å². The molecule has 1 aliphatic carbocycles. The van der Waals surface area contributed by atoms with Crippen molar-refractivity contribution in [2.24, 2.45) is 17.8 Å². The summed E-state index contributed by atoms with van der Waals surface area (Å²) in [6.45, 7) is 16.6. The van der Waals surface area contributed by atoms with Gasteiger partial charge in [-0.3, -0.25) is 4.79 Å². The van der Waals surface area contributed by atoms with Crippen molar-refractivity contribution in [3.63, 3.8) is 0 Å². The number of esters is 1. The fourth-order valence-corrected chi connectivity index (χ4v) is 6.63. The minimum Gasteiger partial charge on any atom is -0.681 e. The zero-order chi connectivity index (χ0) is 28.6. The van der Waals surface area contributed by atoms with Gasteiger partial charge in [-0.1, -0.05) is 85.5 Å². The van der Waals surface area contributed by atoms with E-state index >= 15 is 0 Å². The molecular formula is C33H34MgN4O3-2. The molecule has 0 radical (unpaired) electrons. The molecule has 1 N–H and O–H groups in total. The average molecular weight is 559 g/mol. The minimum atomic E-state index is -0.929. The molecule has 41 heavy (non-hydrogen) atoms. The van der Waals surface area contributed by atoms with Crippen LogP contribution in [0.2, 0.25) is 0 Å². The monoisotopic (exact) mass is 558 g/mol. The van der Waals surface area contributed by atoms with Gasteiger partial charge in [0.2, 0.25) is 0 Å². The molecule has 3 aromatic rings. The number of nitrogens with zero attached hydrogens (tertiary/aromatic N) is 4. The summed E-state index contributed by atoms with van der Waals surface area (Å²) in [6, 6.07) is -0.346. The van der Waals surface area contributed by atoms with Gasteiger partial charge in [0.05, 0.1) is 7.11 Å². The average Bonchev–Trinajstić information content (AvgIpc) is 3.66. The van der Waals surface area contributed by atoms with Gasteiger partial charge in [0.15, 0.2) is 0 Å². The zero-order valence-electron chi connectivity index (χ0n) is 24.8. The number of ether oxygens (including phenoxy) is 1. The quantitative estimate of drug-likeness (QED) is 0.389. The smallest absolute Gasteiger partial charge is 0.681 e. The molecule has 1 fully saturated rings. The Morgan fingerprint density at radius 1 is 1.00 bits per heavy atom. The van der Waals surface area contributed by atoms with Crippen LogP contribution >= 0.6 is 0 Å². The zero-order valence-corrected chi connectivity index (χ0v) is 26.2. The van der Waals surface area contributed by atoms with E-state index in [9.17, 15) is 9.90 Å². The van der Waals surface area contributed by atoms with Crippen molar-refractivity contribution in [1.29, 1.82) is 0 Å². The van der Waals surface area contributed by atoms with Crippen molar-refractivity contribution in [2.45, 2.75) is 54.0 Å². The molecule has 2 aliphatic heterocycles. The summed E-state index contributed by atoms with van der Waals surface area (Å²) >= 11 is 0. The molecule has 0 spiro atoms. The van der Waals surface area contributed by atoms with Crippen molar-refractivity contribution < 1.29 is 14.6 Å². The molecule has 3 aromatic heterocycles. The van der Waals surface area contributed by atoms with Crippen LogP contribution in [-0.2, 0) is 16.0 Å². The third-order valence-electron chi connectivity index (χ3n) is 9.22. The fraction of sp³-hybridized carbons (Fsp3) is 0.364. The summed E-state index contributed by atoms with van der Waals surface area (Å²) in [5.41, 5.74) is 9.10. The Morgan fingerprint density at radius 3 is 2.34 bits per heavy atom. The van der Waals surface area contributed by atoms with Crippen molar-refractivity contribution in [3.05, 3.63) is 83.8 Å². The van der Waals surface area contributed by atoms with Crippen LogP contribution in [0.15, 0.2) is 12.3 Å². The number of aromatic nitrogens is 3. The predicted octanol–water partition coefficient (Wildman–Crippen LogP) is 1.97. The van der Waals surface area contributed by atoms with Gasteiger partial charge in [0.25, 0.3) is 0 Å². The summed E-state index contributed by atoms with van der Waals surface area (Å²) < 4.78 is 5.16. The fourth-order valence-electron chi connectivity index (χ4n) is 6.63. The van der Waals surface area contributed by atoms with E-state index in [-0.39, 0.29) is 46.7 Å². The van der Waals surface area contributed by atoms with Gasteiger partial charge in [0.1, 0.15) is 11.7 Å². The first-order chi connectivity index (χ1) is 19.1. The van der Waals surface area contributed by atoms with Crippen LogP contribution in [0.4, 0.5) is 0 Å². The molecule has 6 rings (SSSR count). The van der Waals surface area contributed by atoms with Crippen molar-refractivity contribution in [2.75, 3.05) is 7.11 Å². The van der Waals surface area contributed by atoms with Crippen LogP contribution < -0.4 is 36.2 Å². The molecular weight excluding hydrogens is 525 g/mol. The van der Waals surface area contributed by atoms with Gasteiger partial charge in [-0.15, -0.1) is 33.1 Å². The van der Waals surface area contributed by atoms with E-state index in [0.29, 0.717) is 16.1 Å². The Morgan fingerprint density at radius 2 is 1.68 bits per heavy atom. The summed E-state index contributed by atoms with van der Waals surface area (Å²) in [5, 5.41) is 19.6. The van der Waals surface area contributed by atoms with Crippen molar-refractivity contribution in [3.8, 4) is 0 Å². The minimum absolute atomic E-state index is 0. The number of methoxy groups -OCH3 is 1. The Kier molecular flexibility index (Phi) is 7.45. The molecule has 1 unspecified atom stereocenters. The number of aliphatic hydroxyl groups excluding tert-OH is 1. The normalized spacial score (nSPS) is 25.3. The number of carbonyl (C=O) groups excluding carboxylic acids is 1.